The second-order valence-electron chi connectivity index (χ2n) is 8.67. The Morgan fingerprint density at radius 2 is 1.94 bits per heavy atom. The summed E-state index contributed by atoms with van der Waals surface area (Å²) in [6, 6.07) is 13.1. The Hall–Kier alpha value is -2.65. The summed E-state index contributed by atoms with van der Waals surface area (Å²) in [4.78, 5) is 2.49. The lowest BCUT2D eigenvalue weighted by Gasteiger charge is -2.36. The summed E-state index contributed by atoms with van der Waals surface area (Å²) in [5, 5.41) is 14.1. The Labute approximate surface area is 195 Å². The fourth-order valence-corrected chi connectivity index (χ4v) is 5.64. The number of likely N-dealkylation sites (tertiary alicyclic amines) is 1. The van der Waals surface area contributed by atoms with Crippen molar-refractivity contribution in [3.8, 4) is 0 Å². The number of piperidine rings is 1. The van der Waals surface area contributed by atoms with E-state index in [0.717, 1.165) is 22.0 Å². The van der Waals surface area contributed by atoms with E-state index in [1.807, 2.05) is 26.1 Å². The van der Waals surface area contributed by atoms with Gasteiger partial charge in [-0.2, -0.15) is 0 Å². The zero-order valence-electron chi connectivity index (χ0n) is 19.2. The highest BCUT2D eigenvalue weighted by Gasteiger charge is 2.29. The van der Waals surface area contributed by atoms with E-state index in [2.05, 4.69) is 44.4 Å². The molecule has 4 rings (SSSR count). The molecule has 1 saturated heterocycles. The van der Waals surface area contributed by atoms with Crippen LogP contribution >= 0.6 is 0 Å². The smallest absolute Gasteiger partial charge is 0.240 e. The molecule has 0 radical (unpaired) electrons. The van der Waals surface area contributed by atoms with Crippen LogP contribution in [-0.4, -0.2) is 48.7 Å². The van der Waals surface area contributed by atoms with Crippen LogP contribution in [0.25, 0.3) is 10.9 Å². The highest BCUT2D eigenvalue weighted by Crippen LogP contribution is 2.32. The molecule has 1 atom stereocenters. The van der Waals surface area contributed by atoms with Gasteiger partial charge in [0.2, 0.25) is 10.0 Å². The molecular formula is C25H32N4O3S. The summed E-state index contributed by atoms with van der Waals surface area (Å²) >= 11 is 0. The third-order valence-electron chi connectivity index (χ3n) is 6.47. The fourth-order valence-electron chi connectivity index (χ4n) is 4.58. The van der Waals surface area contributed by atoms with E-state index in [0.29, 0.717) is 31.6 Å². The maximum absolute atomic E-state index is 13.2. The van der Waals surface area contributed by atoms with E-state index < -0.39 is 10.0 Å². The zero-order chi connectivity index (χ0) is 23.6. The molecule has 3 aromatic rings. The van der Waals surface area contributed by atoms with Gasteiger partial charge in [0, 0.05) is 49.5 Å². The third kappa shape index (κ3) is 4.99. The van der Waals surface area contributed by atoms with Gasteiger partial charge in [0.15, 0.2) is 0 Å². The molecular weight excluding hydrogens is 436 g/mol. The molecule has 0 amide bonds. The van der Waals surface area contributed by atoms with Crippen LogP contribution < -0.4 is 10.0 Å². The van der Waals surface area contributed by atoms with E-state index in [1.54, 1.807) is 18.2 Å². The Morgan fingerprint density at radius 3 is 2.67 bits per heavy atom. The van der Waals surface area contributed by atoms with Crippen LogP contribution in [0, 0.1) is 6.92 Å². The van der Waals surface area contributed by atoms with E-state index in [1.165, 1.54) is 6.20 Å². The van der Waals surface area contributed by atoms with Crippen molar-refractivity contribution in [2.45, 2.75) is 36.8 Å². The molecule has 0 saturated carbocycles. The average Bonchev–Trinajstić information content (AvgIpc) is 3.13. The van der Waals surface area contributed by atoms with Gasteiger partial charge in [0.25, 0.3) is 0 Å². The zero-order valence-corrected chi connectivity index (χ0v) is 20.0. The number of benzene rings is 2. The van der Waals surface area contributed by atoms with Crippen LogP contribution in [0.1, 0.15) is 30.0 Å². The second kappa shape index (κ2) is 9.69. The van der Waals surface area contributed by atoms with Crippen LogP contribution in [0.4, 0.5) is 5.69 Å². The number of aliphatic hydroxyl groups is 1. The molecule has 33 heavy (non-hydrogen) atoms. The first kappa shape index (κ1) is 23.5. The standard InChI is InChI=1S/C25H32N4O3S/c1-4-26-23-15-20(10-9-18(23)2)33(31,32)27-16-25(29-13-11-19(30)12-14-29)22-17-28(3)24-8-6-5-7-21(22)24/h4-10,15,17,19,25-27,30H,1,11-14,16H2,2-3H3. The van der Waals surface area contributed by atoms with Crippen LogP contribution in [-0.2, 0) is 17.1 Å². The van der Waals surface area contributed by atoms with Crippen molar-refractivity contribution in [3.05, 3.63) is 72.6 Å². The number of anilines is 1. The Bertz CT molecular complexity index is 1240. The Kier molecular flexibility index (Phi) is 6.90. The number of sulfonamides is 1. The number of hydrogen-bond donors (Lipinski definition) is 3. The first-order valence-electron chi connectivity index (χ1n) is 11.2. The van der Waals surface area contributed by atoms with E-state index in [9.17, 15) is 13.5 Å². The molecule has 1 unspecified atom stereocenters. The van der Waals surface area contributed by atoms with Crippen LogP contribution in [0.2, 0.25) is 0 Å². The lowest BCUT2D eigenvalue weighted by atomic mass is 10.00. The molecule has 7 nitrogen and oxygen atoms in total. The summed E-state index contributed by atoms with van der Waals surface area (Å²) in [7, 11) is -1.72. The van der Waals surface area contributed by atoms with E-state index >= 15 is 0 Å². The van der Waals surface area contributed by atoms with Crippen molar-refractivity contribution in [1.82, 2.24) is 14.2 Å². The lowest BCUT2D eigenvalue weighted by molar-refractivity contribution is 0.0616. The number of para-hydroxylation sites is 1. The normalized spacial score (nSPS) is 16.7. The molecule has 2 aromatic carbocycles. The maximum Gasteiger partial charge on any atom is 0.240 e. The summed E-state index contributed by atoms with van der Waals surface area (Å²) < 4.78 is 31.4. The molecule has 1 aliphatic heterocycles. The molecule has 1 aromatic heterocycles. The number of nitrogens with one attached hydrogen (secondary N) is 2. The van der Waals surface area contributed by atoms with Gasteiger partial charge in [-0.05, 0) is 55.3 Å². The van der Waals surface area contributed by atoms with Crippen LogP contribution in [0.5, 0.6) is 0 Å². The molecule has 8 heteroatoms. The van der Waals surface area contributed by atoms with Gasteiger partial charge < -0.3 is 15.0 Å². The monoisotopic (exact) mass is 468 g/mol. The fraction of sp³-hybridized carbons (Fsp3) is 0.360. The lowest BCUT2D eigenvalue weighted by Crippen LogP contribution is -2.43. The predicted molar refractivity (Wildman–Crippen MR) is 133 cm³/mol. The number of rotatable bonds is 8. The second-order valence-corrected chi connectivity index (χ2v) is 10.4. The number of nitrogens with zero attached hydrogens (tertiary/aromatic N) is 2. The molecule has 176 valence electrons. The van der Waals surface area contributed by atoms with Gasteiger partial charge in [-0.3, -0.25) is 4.90 Å². The van der Waals surface area contributed by atoms with Crippen molar-refractivity contribution in [1.29, 1.82) is 0 Å². The molecule has 0 bridgehead atoms. The molecule has 0 spiro atoms. The SMILES string of the molecule is C=CNc1cc(S(=O)(=O)NCC(c2cn(C)c3ccccc23)N2CCC(O)CC2)ccc1C. The van der Waals surface area contributed by atoms with Gasteiger partial charge in [0.05, 0.1) is 17.0 Å². The first-order valence-corrected chi connectivity index (χ1v) is 12.7. The van der Waals surface area contributed by atoms with Crippen molar-refractivity contribution in [3.63, 3.8) is 0 Å². The van der Waals surface area contributed by atoms with Gasteiger partial charge in [-0.1, -0.05) is 30.8 Å². The van der Waals surface area contributed by atoms with Crippen LogP contribution in [0.3, 0.4) is 0 Å². The molecule has 2 heterocycles. The van der Waals surface area contributed by atoms with Crippen LogP contribution in [0.15, 0.2) is 66.3 Å². The Morgan fingerprint density at radius 1 is 1.21 bits per heavy atom. The van der Waals surface area contributed by atoms with Crippen molar-refractivity contribution < 1.29 is 13.5 Å². The topological polar surface area (TPSA) is 86.6 Å². The Balaban J connectivity index is 1.64. The summed E-state index contributed by atoms with van der Waals surface area (Å²) in [6.45, 7) is 7.25. The number of aliphatic hydroxyl groups excluding tert-OH is 1. The number of hydrogen-bond acceptors (Lipinski definition) is 5. The predicted octanol–water partition coefficient (Wildman–Crippen LogP) is 3.52. The molecule has 3 N–H and O–H groups in total. The van der Waals surface area contributed by atoms with E-state index in [4.69, 9.17) is 0 Å². The molecule has 0 aliphatic carbocycles. The van der Waals surface area contributed by atoms with Gasteiger partial charge in [0.1, 0.15) is 0 Å². The minimum atomic E-state index is -3.72. The minimum absolute atomic E-state index is 0.144. The first-order chi connectivity index (χ1) is 15.8. The number of aryl methyl sites for hydroxylation is 2. The van der Waals surface area contributed by atoms with Crippen molar-refractivity contribution in [2.75, 3.05) is 25.0 Å². The molecule has 1 fully saturated rings. The third-order valence-corrected chi connectivity index (χ3v) is 7.89. The van der Waals surface area contributed by atoms with Gasteiger partial charge in [-0.15, -0.1) is 0 Å². The number of aromatic nitrogens is 1. The van der Waals surface area contributed by atoms with Crippen molar-refractivity contribution in [2.24, 2.45) is 7.05 Å². The maximum atomic E-state index is 13.2. The average molecular weight is 469 g/mol. The van der Waals surface area contributed by atoms with E-state index in [-0.39, 0.29) is 23.6 Å². The van der Waals surface area contributed by atoms with Crippen molar-refractivity contribution >= 4 is 26.6 Å². The number of fused-ring (bicyclic) bond motifs is 1. The quantitative estimate of drug-likeness (QED) is 0.471. The summed E-state index contributed by atoms with van der Waals surface area (Å²) in [6.07, 6.45) is 4.69. The summed E-state index contributed by atoms with van der Waals surface area (Å²) in [5.74, 6) is 0. The summed E-state index contributed by atoms with van der Waals surface area (Å²) in [5.41, 5.74) is 3.85. The highest BCUT2D eigenvalue weighted by atomic mass is 32.2. The molecule has 1 aliphatic rings. The minimum Gasteiger partial charge on any atom is -0.393 e. The van der Waals surface area contributed by atoms with Gasteiger partial charge in [-0.25, -0.2) is 13.1 Å². The van der Waals surface area contributed by atoms with Gasteiger partial charge >= 0.3 is 0 Å². The highest BCUT2D eigenvalue weighted by molar-refractivity contribution is 7.89. The largest absolute Gasteiger partial charge is 0.393 e.